The van der Waals surface area contributed by atoms with Crippen LogP contribution in [0.4, 0.5) is 5.69 Å². The molecule has 0 aromatic heterocycles. The van der Waals surface area contributed by atoms with E-state index in [0.29, 0.717) is 11.3 Å². The van der Waals surface area contributed by atoms with Gasteiger partial charge in [0.1, 0.15) is 0 Å². The number of anilines is 1. The van der Waals surface area contributed by atoms with Crippen molar-refractivity contribution in [3.63, 3.8) is 0 Å². The van der Waals surface area contributed by atoms with Gasteiger partial charge in [0.25, 0.3) is 0 Å². The van der Waals surface area contributed by atoms with E-state index in [9.17, 15) is 8.42 Å². The fourth-order valence-electron chi connectivity index (χ4n) is 3.23. The molecule has 4 nitrogen and oxygen atoms in total. The lowest BCUT2D eigenvalue weighted by atomic mass is 10.1. The number of nitrogens with one attached hydrogen (secondary N) is 1. The first-order valence-electron chi connectivity index (χ1n) is 8.64. The van der Waals surface area contributed by atoms with Crippen LogP contribution in [0.2, 0.25) is 0 Å². The Hall–Kier alpha value is -2.37. The summed E-state index contributed by atoms with van der Waals surface area (Å²) in [6, 6.07) is 20.9. The topological polar surface area (TPSA) is 49.4 Å². The van der Waals surface area contributed by atoms with Crippen LogP contribution in [0.1, 0.15) is 12.5 Å². The van der Waals surface area contributed by atoms with Crippen molar-refractivity contribution >= 4 is 26.5 Å². The highest BCUT2D eigenvalue weighted by molar-refractivity contribution is 7.89. The van der Waals surface area contributed by atoms with Crippen molar-refractivity contribution in [3.05, 3.63) is 72.3 Å². The van der Waals surface area contributed by atoms with Gasteiger partial charge in [-0.3, -0.25) is 0 Å². The molecule has 0 saturated heterocycles. The van der Waals surface area contributed by atoms with Crippen LogP contribution in [-0.2, 0) is 16.4 Å². The highest BCUT2D eigenvalue weighted by Gasteiger charge is 2.20. The average molecular weight is 369 g/mol. The van der Waals surface area contributed by atoms with Crippen LogP contribution in [0, 0.1) is 0 Å². The number of rotatable bonds is 6. The summed E-state index contributed by atoms with van der Waals surface area (Å²) in [5.41, 5.74) is 2.10. The Kier molecular flexibility index (Phi) is 5.30. The van der Waals surface area contributed by atoms with Crippen LogP contribution in [0.25, 0.3) is 10.8 Å². The molecule has 0 spiro atoms. The SMILES string of the molecule is C[C@H](Cc1ccccc1)NS(=O)(=O)c1cccc2c(N(C)C)cccc12. The van der Waals surface area contributed by atoms with Crippen LogP contribution in [0.5, 0.6) is 0 Å². The number of hydrogen-bond acceptors (Lipinski definition) is 3. The third kappa shape index (κ3) is 3.89. The van der Waals surface area contributed by atoms with E-state index in [1.165, 1.54) is 0 Å². The normalized spacial score (nSPS) is 12.9. The molecular formula is C21H24N2O2S. The molecule has 0 heterocycles. The smallest absolute Gasteiger partial charge is 0.241 e. The van der Waals surface area contributed by atoms with Gasteiger partial charge >= 0.3 is 0 Å². The first kappa shape index (κ1) is 18.4. The quantitative estimate of drug-likeness (QED) is 0.720. The van der Waals surface area contributed by atoms with Crippen molar-refractivity contribution in [1.29, 1.82) is 0 Å². The van der Waals surface area contributed by atoms with Gasteiger partial charge in [0, 0.05) is 36.6 Å². The first-order valence-corrected chi connectivity index (χ1v) is 10.1. The lowest BCUT2D eigenvalue weighted by Crippen LogP contribution is -2.34. The molecule has 0 radical (unpaired) electrons. The van der Waals surface area contributed by atoms with Gasteiger partial charge in [0.05, 0.1) is 4.90 Å². The fraction of sp³-hybridized carbons (Fsp3) is 0.238. The molecule has 0 aliphatic heterocycles. The Morgan fingerprint density at radius 2 is 1.54 bits per heavy atom. The van der Waals surface area contributed by atoms with E-state index in [1.807, 2.05) is 80.5 Å². The first-order chi connectivity index (χ1) is 12.4. The summed E-state index contributed by atoms with van der Waals surface area (Å²) in [6.07, 6.45) is 0.647. The second-order valence-corrected chi connectivity index (χ2v) is 8.42. The van der Waals surface area contributed by atoms with Crippen molar-refractivity contribution in [1.82, 2.24) is 4.72 Å². The van der Waals surface area contributed by atoms with E-state index >= 15 is 0 Å². The van der Waals surface area contributed by atoms with Crippen molar-refractivity contribution in [3.8, 4) is 0 Å². The summed E-state index contributed by atoms with van der Waals surface area (Å²) in [7, 11) is 0.292. The second kappa shape index (κ2) is 7.48. The third-order valence-corrected chi connectivity index (χ3v) is 6.02. The van der Waals surface area contributed by atoms with Gasteiger partial charge in [0.2, 0.25) is 10.0 Å². The third-order valence-electron chi connectivity index (χ3n) is 4.37. The number of benzene rings is 3. The van der Waals surface area contributed by atoms with E-state index < -0.39 is 10.0 Å². The molecule has 3 rings (SSSR count). The van der Waals surface area contributed by atoms with E-state index in [-0.39, 0.29) is 6.04 Å². The Morgan fingerprint density at radius 3 is 2.23 bits per heavy atom. The van der Waals surface area contributed by atoms with Crippen molar-refractivity contribution in [2.45, 2.75) is 24.3 Å². The maximum atomic E-state index is 13.0. The van der Waals surface area contributed by atoms with Crippen LogP contribution in [0.3, 0.4) is 0 Å². The van der Waals surface area contributed by atoms with Gasteiger partial charge in [-0.2, -0.15) is 0 Å². The largest absolute Gasteiger partial charge is 0.377 e. The molecule has 0 bridgehead atoms. The summed E-state index contributed by atoms with van der Waals surface area (Å²) in [5.74, 6) is 0. The molecule has 136 valence electrons. The Labute approximate surface area is 155 Å². The van der Waals surface area contributed by atoms with Gasteiger partial charge in [-0.1, -0.05) is 54.6 Å². The summed E-state index contributed by atoms with van der Waals surface area (Å²) in [4.78, 5) is 2.31. The average Bonchev–Trinajstić information content (AvgIpc) is 2.60. The van der Waals surface area contributed by atoms with Gasteiger partial charge in [-0.05, 0) is 31.0 Å². The zero-order valence-electron chi connectivity index (χ0n) is 15.3. The van der Waals surface area contributed by atoms with Crippen LogP contribution in [0.15, 0.2) is 71.6 Å². The number of sulfonamides is 1. The molecule has 0 aliphatic carbocycles. The predicted octanol–water partition coefficient (Wildman–Crippen LogP) is 3.82. The second-order valence-electron chi connectivity index (χ2n) is 6.73. The Bertz CT molecular complexity index is 999. The summed E-state index contributed by atoms with van der Waals surface area (Å²) in [6.45, 7) is 1.89. The van der Waals surface area contributed by atoms with E-state index in [4.69, 9.17) is 0 Å². The highest BCUT2D eigenvalue weighted by Crippen LogP contribution is 2.30. The minimum atomic E-state index is -3.62. The number of nitrogens with zero attached hydrogens (tertiary/aromatic N) is 1. The summed E-state index contributed by atoms with van der Waals surface area (Å²) >= 11 is 0. The van der Waals surface area contributed by atoms with Crippen molar-refractivity contribution in [2.75, 3.05) is 19.0 Å². The monoisotopic (exact) mass is 368 g/mol. The fourth-order valence-corrected chi connectivity index (χ4v) is 4.69. The van der Waals surface area contributed by atoms with Crippen molar-refractivity contribution < 1.29 is 8.42 Å². The molecule has 0 fully saturated rings. The van der Waals surface area contributed by atoms with E-state index in [0.717, 1.165) is 22.0 Å². The maximum absolute atomic E-state index is 13.0. The standard InChI is InChI=1S/C21H24N2O2S/c1-16(15-17-9-5-4-6-10-17)22-26(24,25)21-14-8-11-18-19(21)12-7-13-20(18)23(2)3/h4-14,16,22H,15H2,1-3H3/t16-/m1/s1. The Balaban J connectivity index is 1.93. The molecular weight excluding hydrogens is 344 g/mol. The number of fused-ring (bicyclic) bond motifs is 1. The molecule has 3 aromatic carbocycles. The molecule has 26 heavy (non-hydrogen) atoms. The minimum Gasteiger partial charge on any atom is -0.377 e. The minimum absolute atomic E-state index is 0.199. The molecule has 0 amide bonds. The van der Waals surface area contributed by atoms with Crippen LogP contribution >= 0.6 is 0 Å². The number of hydrogen-bond donors (Lipinski definition) is 1. The predicted molar refractivity (Wildman–Crippen MR) is 108 cm³/mol. The summed E-state index contributed by atoms with van der Waals surface area (Å²) < 4.78 is 28.8. The molecule has 1 atom stereocenters. The van der Waals surface area contributed by atoms with Crippen LogP contribution < -0.4 is 9.62 Å². The zero-order chi connectivity index (χ0) is 18.7. The van der Waals surface area contributed by atoms with Crippen molar-refractivity contribution in [2.24, 2.45) is 0 Å². The van der Waals surface area contributed by atoms with Crippen LogP contribution in [-0.4, -0.2) is 28.6 Å². The molecule has 1 N–H and O–H groups in total. The van der Waals surface area contributed by atoms with Gasteiger partial charge in [-0.15, -0.1) is 0 Å². The molecule has 3 aromatic rings. The van der Waals surface area contributed by atoms with E-state index in [2.05, 4.69) is 4.72 Å². The lowest BCUT2D eigenvalue weighted by Gasteiger charge is -2.18. The lowest BCUT2D eigenvalue weighted by molar-refractivity contribution is 0.560. The van der Waals surface area contributed by atoms with E-state index in [1.54, 1.807) is 12.1 Å². The molecule has 0 aliphatic rings. The van der Waals surface area contributed by atoms with Gasteiger partial charge in [0.15, 0.2) is 0 Å². The maximum Gasteiger partial charge on any atom is 0.241 e. The zero-order valence-corrected chi connectivity index (χ0v) is 16.1. The molecule has 5 heteroatoms. The molecule has 0 saturated carbocycles. The summed E-state index contributed by atoms with van der Waals surface area (Å²) in [5, 5.41) is 1.66. The molecule has 0 unspecified atom stereocenters. The van der Waals surface area contributed by atoms with Gasteiger partial charge < -0.3 is 4.90 Å². The highest BCUT2D eigenvalue weighted by atomic mass is 32.2. The Morgan fingerprint density at radius 1 is 0.885 bits per heavy atom. The van der Waals surface area contributed by atoms with Gasteiger partial charge in [-0.25, -0.2) is 13.1 Å².